The lowest BCUT2D eigenvalue weighted by atomic mass is 9.95. The second-order valence-corrected chi connectivity index (χ2v) is 8.39. The predicted octanol–water partition coefficient (Wildman–Crippen LogP) is 2.47. The number of benzene rings is 3. The van der Waals surface area contributed by atoms with Crippen molar-refractivity contribution < 1.29 is 23.5 Å². The fraction of sp³-hybridized carbons (Fsp3) is 0.250. The van der Waals surface area contributed by atoms with Gasteiger partial charge < -0.3 is 26.8 Å². The van der Waals surface area contributed by atoms with E-state index in [0.717, 1.165) is 0 Å². The molecule has 0 aromatic heterocycles. The maximum Gasteiger partial charge on any atom is 0.237 e. The number of hydrogen-bond acceptors (Lipinski definition) is 5. The number of primary amides is 1. The van der Waals surface area contributed by atoms with Crippen LogP contribution in [0.1, 0.15) is 41.0 Å². The van der Waals surface area contributed by atoms with Crippen molar-refractivity contribution in [3.63, 3.8) is 0 Å². The lowest BCUT2D eigenvalue weighted by Gasteiger charge is -2.20. The number of rotatable bonds is 12. The summed E-state index contributed by atoms with van der Waals surface area (Å²) >= 11 is 0. The average Bonchev–Trinajstić information content (AvgIpc) is 2.89. The summed E-state index contributed by atoms with van der Waals surface area (Å²) in [4.78, 5) is 38.3. The second kappa shape index (κ2) is 13.2. The molecule has 0 bridgehead atoms. The van der Waals surface area contributed by atoms with Gasteiger partial charge in [0.25, 0.3) is 0 Å². The highest BCUT2D eigenvalue weighted by molar-refractivity contribution is 6.05. The molecule has 8 nitrogen and oxygen atoms in total. The molecule has 3 aromatic rings. The van der Waals surface area contributed by atoms with Gasteiger partial charge in [0.05, 0.1) is 12.5 Å². The molecule has 0 saturated heterocycles. The van der Waals surface area contributed by atoms with Gasteiger partial charge in [-0.25, -0.2) is 4.39 Å². The topological polar surface area (TPSA) is 137 Å². The summed E-state index contributed by atoms with van der Waals surface area (Å²) in [5.41, 5.74) is 13.1. The number of amides is 3. The largest absolute Gasteiger partial charge is 0.494 e. The second-order valence-electron chi connectivity index (χ2n) is 8.39. The van der Waals surface area contributed by atoms with Crippen LogP contribution in [0.2, 0.25) is 0 Å². The molecule has 0 saturated carbocycles. The molecule has 0 radical (unpaired) electrons. The minimum absolute atomic E-state index is 0.0735. The number of nitrogens with two attached hydrogens (primary N) is 2. The third-order valence-corrected chi connectivity index (χ3v) is 5.87. The highest BCUT2D eigenvalue weighted by Gasteiger charge is 2.28. The van der Waals surface area contributed by atoms with Crippen LogP contribution in [0.4, 0.5) is 4.39 Å². The van der Waals surface area contributed by atoms with E-state index in [1.807, 2.05) is 13.0 Å². The molecule has 0 heterocycles. The molecule has 0 aliphatic heterocycles. The Morgan fingerprint density at radius 3 is 2.22 bits per heavy atom. The molecule has 0 spiro atoms. The monoisotopic (exact) mass is 506 g/mol. The van der Waals surface area contributed by atoms with E-state index in [-0.39, 0.29) is 25.5 Å². The quantitative estimate of drug-likeness (QED) is 0.280. The van der Waals surface area contributed by atoms with Crippen molar-refractivity contribution in [3.05, 3.63) is 101 Å². The lowest BCUT2D eigenvalue weighted by Crippen LogP contribution is -2.41. The summed E-state index contributed by atoms with van der Waals surface area (Å²) in [5, 5.41) is 5.49. The minimum atomic E-state index is -1.24. The third-order valence-electron chi connectivity index (χ3n) is 5.87. The molecule has 2 atom stereocenters. The molecule has 9 heteroatoms. The first-order valence-corrected chi connectivity index (χ1v) is 11.9. The van der Waals surface area contributed by atoms with E-state index in [0.29, 0.717) is 34.6 Å². The number of halogens is 1. The molecule has 0 fully saturated rings. The lowest BCUT2D eigenvalue weighted by molar-refractivity contribution is -0.130. The van der Waals surface area contributed by atoms with Crippen LogP contribution in [0, 0.1) is 5.82 Å². The Bertz CT molecular complexity index is 1220. The van der Waals surface area contributed by atoms with Crippen LogP contribution in [0.5, 0.6) is 5.75 Å². The van der Waals surface area contributed by atoms with Gasteiger partial charge in [0.15, 0.2) is 0 Å². The first-order valence-electron chi connectivity index (χ1n) is 11.9. The van der Waals surface area contributed by atoms with Crippen molar-refractivity contribution >= 4 is 17.7 Å². The van der Waals surface area contributed by atoms with Crippen LogP contribution in [-0.4, -0.2) is 30.9 Å². The van der Waals surface area contributed by atoms with Crippen molar-refractivity contribution in [2.75, 3.05) is 13.2 Å². The van der Waals surface area contributed by atoms with Gasteiger partial charge in [0, 0.05) is 25.2 Å². The molecule has 3 aromatic carbocycles. The fourth-order valence-electron chi connectivity index (χ4n) is 3.90. The van der Waals surface area contributed by atoms with Crippen molar-refractivity contribution in [2.45, 2.75) is 31.8 Å². The molecule has 0 aliphatic carbocycles. The van der Waals surface area contributed by atoms with E-state index < -0.39 is 29.5 Å². The van der Waals surface area contributed by atoms with Crippen LogP contribution >= 0.6 is 0 Å². The molecule has 6 N–H and O–H groups in total. The van der Waals surface area contributed by atoms with Crippen molar-refractivity contribution in [1.29, 1.82) is 0 Å². The van der Waals surface area contributed by atoms with Crippen molar-refractivity contribution in [1.82, 2.24) is 10.6 Å². The molecule has 0 aliphatic rings. The van der Waals surface area contributed by atoms with Crippen LogP contribution in [0.25, 0.3) is 0 Å². The molecule has 3 rings (SSSR count). The van der Waals surface area contributed by atoms with Crippen LogP contribution in [0.3, 0.4) is 0 Å². The van der Waals surface area contributed by atoms with E-state index in [1.54, 1.807) is 60.7 Å². The SMILES string of the molecule is CCOc1ccc([C@H](C(N)=O)C(=O)NC[C@H](C(=O)NCc2ccc(CN)c(F)c2)c2ccccc2)cc1. The summed E-state index contributed by atoms with van der Waals surface area (Å²) in [6.45, 7) is 2.43. The van der Waals surface area contributed by atoms with E-state index >= 15 is 0 Å². The van der Waals surface area contributed by atoms with Gasteiger partial charge in [0.1, 0.15) is 17.5 Å². The van der Waals surface area contributed by atoms with Crippen LogP contribution in [0.15, 0.2) is 72.8 Å². The van der Waals surface area contributed by atoms with Gasteiger partial charge in [-0.3, -0.25) is 14.4 Å². The highest BCUT2D eigenvalue weighted by Crippen LogP contribution is 2.21. The minimum Gasteiger partial charge on any atom is -0.494 e. The molecular weight excluding hydrogens is 475 g/mol. The Labute approximate surface area is 215 Å². The molecule has 194 valence electrons. The number of carbonyl (C=O) groups is 3. The normalized spacial score (nSPS) is 12.3. The van der Waals surface area contributed by atoms with E-state index in [9.17, 15) is 18.8 Å². The number of carbonyl (C=O) groups excluding carboxylic acids is 3. The average molecular weight is 507 g/mol. The Morgan fingerprint density at radius 1 is 0.919 bits per heavy atom. The van der Waals surface area contributed by atoms with Gasteiger partial charge in [0.2, 0.25) is 17.7 Å². The number of nitrogens with one attached hydrogen (secondary N) is 2. The summed E-state index contributed by atoms with van der Waals surface area (Å²) < 4.78 is 19.5. The molecule has 0 unspecified atom stereocenters. The highest BCUT2D eigenvalue weighted by atomic mass is 19.1. The zero-order valence-electron chi connectivity index (χ0n) is 20.6. The zero-order valence-corrected chi connectivity index (χ0v) is 20.6. The van der Waals surface area contributed by atoms with Gasteiger partial charge in [-0.05, 0) is 41.8 Å². The van der Waals surface area contributed by atoms with Crippen molar-refractivity contribution in [3.8, 4) is 5.75 Å². The Kier molecular flexibility index (Phi) is 9.74. The van der Waals surface area contributed by atoms with Gasteiger partial charge in [-0.15, -0.1) is 0 Å². The van der Waals surface area contributed by atoms with Crippen LogP contribution in [-0.2, 0) is 27.5 Å². The summed E-state index contributed by atoms with van der Waals surface area (Å²) in [6.07, 6.45) is 0. The van der Waals surface area contributed by atoms with E-state index in [2.05, 4.69) is 10.6 Å². The first kappa shape index (κ1) is 27.3. The van der Waals surface area contributed by atoms with Gasteiger partial charge in [-0.1, -0.05) is 54.6 Å². The smallest absolute Gasteiger partial charge is 0.237 e. The van der Waals surface area contributed by atoms with Gasteiger partial charge >= 0.3 is 0 Å². The summed E-state index contributed by atoms with van der Waals surface area (Å²) in [6, 6.07) is 20.0. The van der Waals surface area contributed by atoms with Gasteiger partial charge in [-0.2, -0.15) is 0 Å². The fourth-order valence-corrected chi connectivity index (χ4v) is 3.90. The first-order chi connectivity index (χ1) is 17.8. The predicted molar refractivity (Wildman–Crippen MR) is 138 cm³/mol. The maximum absolute atomic E-state index is 14.1. The Morgan fingerprint density at radius 2 is 1.62 bits per heavy atom. The Balaban J connectivity index is 1.72. The maximum atomic E-state index is 14.1. The van der Waals surface area contributed by atoms with E-state index in [1.165, 1.54) is 6.07 Å². The number of hydrogen-bond donors (Lipinski definition) is 4. The molecule has 3 amide bonds. The summed E-state index contributed by atoms with van der Waals surface area (Å²) in [5.74, 6) is -3.63. The molecule has 37 heavy (non-hydrogen) atoms. The molecular formula is C28H31FN4O4. The Hall–Kier alpha value is -4.24. The number of ether oxygens (including phenoxy) is 1. The zero-order chi connectivity index (χ0) is 26.8. The van der Waals surface area contributed by atoms with Crippen LogP contribution < -0.4 is 26.8 Å². The van der Waals surface area contributed by atoms with E-state index in [4.69, 9.17) is 16.2 Å². The standard InChI is InChI=1S/C28H31FN4O4/c1-2-37-22-12-10-20(11-13-22)25(26(31)34)28(36)33-17-23(19-6-4-3-5-7-19)27(35)32-16-18-8-9-21(15-30)24(29)14-18/h3-14,23,25H,2,15-17,30H2,1H3,(H2,31,34)(H,32,35)(H,33,36)/t23-,25+/m0/s1. The third kappa shape index (κ3) is 7.37. The summed E-state index contributed by atoms with van der Waals surface area (Å²) in [7, 11) is 0. The van der Waals surface area contributed by atoms with Crippen molar-refractivity contribution in [2.24, 2.45) is 11.5 Å².